The number of halogens is 1. The summed E-state index contributed by atoms with van der Waals surface area (Å²) < 4.78 is 29.7. The normalized spacial score (nSPS) is 14.0. The summed E-state index contributed by atoms with van der Waals surface area (Å²) in [5.74, 6) is -0.399. The minimum Gasteiger partial charge on any atom is -0.310 e. The van der Waals surface area contributed by atoms with Gasteiger partial charge in [-0.25, -0.2) is 8.42 Å². The number of rotatable bonds is 4. The molecule has 1 amide bonds. The molecule has 0 fully saturated rings. The molecule has 1 aliphatic rings. The van der Waals surface area contributed by atoms with Gasteiger partial charge in [-0.05, 0) is 43.7 Å². The van der Waals surface area contributed by atoms with Crippen LogP contribution in [0, 0.1) is 13.8 Å². The van der Waals surface area contributed by atoms with E-state index in [-0.39, 0.29) is 40.4 Å². The topological polar surface area (TPSA) is 110 Å². The minimum absolute atomic E-state index is 0.0411. The first-order valence-electron chi connectivity index (χ1n) is 9.48. The zero-order valence-electron chi connectivity index (χ0n) is 16.8. The Hall–Kier alpha value is -3.17. The molecule has 0 saturated carbocycles. The van der Waals surface area contributed by atoms with Crippen LogP contribution in [-0.2, 0) is 14.8 Å². The molecule has 2 heterocycles. The summed E-state index contributed by atoms with van der Waals surface area (Å²) in [6.45, 7) is 3.59. The number of fused-ring (bicyclic) bond motifs is 1. The van der Waals surface area contributed by atoms with E-state index in [4.69, 9.17) is 11.6 Å². The zero-order valence-corrected chi connectivity index (χ0v) is 18.3. The van der Waals surface area contributed by atoms with Gasteiger partial charge in [0.15, 0.2) is 0 Å². The number of nitrogens with one attached hydrogen (secondary N) is 2. The van der Waals surface area contributed by atoms with Gasteiger partial charge in [0.25, 0.3) is 10.0 Å². The van der Waals surface area contributed by atoms with Crippen LogP contribution in [0.1, 0.15) is 28.9 Å². The first-order valence-corrected chi connectivity index (χ1v) is 11.3. The van der Waals surface area contributed by atoms with Crippen LogP contribution in [0.3, 0.4) is 0 Å². The van der Waals surface area contributed by atoms with E-state index in [1.807, 2.05) is 6.92 Å². The number of carbonyl (C=O) groups is 2. The van der Waals surface area contributed by atoms with E-state index in [9.17, 15) is 18.0 Å². The van der Waals surface area contributed by atoms with E-state index < -0.39 is 10.0 Å². The Bertz CT molecular complexity index is 1310. The van der Waals surface area contributed by atoms with Crippen molar-refractivity contribution in [3.8, 4) is 11.1 Å². The van der Waals surface area contributed by atoms with Crippen LogP contribution in [-0.4, -0.2) is 30.0 Å². The van der Waals surface area contributed by atoms with Crippen LogP contribution in [0.5, 0.6) is 0 Å². The fourth-order valence-corrected chi connectivity index (χ4v) is 4.97. The quantitative estimate of drug-likeness (QED) is 0.614. The molecule has 0 saturated heterocycles. The van der Waals surface area contributed by atoms with Crippen molar-refractivity contribution in [1.82, 2.24) is 9.78 Å². The van der Waals surface area contributed by atoms with Crippen LogP contribution in [0.25, 0.3) is 11.1 Å². The molecule has 2 N–H and O–H groups in total. The number of aryl methyl sites for hydroxylation is 2. The highest BCUT2D eigenvalue weighted by molar-refractivity contribution is 7.92. The van der Waals surface area contributed by atoms with Crippen molar-refractivity contribution in [2.45, 2.75) is 31.6 Å². The van der Waals surface area contributed by atoms with E-state index in [1.54, 1.807) is 37.3 Å². The number of hydrogen-bond donors (Lipinski definition) is 2. The van der Waals surface area contributed by atoms with Gasteiger partial charge < -0.3 is 5.32 Å². The molecule has 8 nitrogen and oxygen atoms in total. The number of sulfonamides is 1. The lowest BCUT2D eigenvalue weighted by molar-refractivity contribution is -0.116. The second-order valence-corrected chi connectivity index (χ2v) is 9.34. The van der Waals surface area contributed by atoms with Crippen molar-refractivity contribution >= 4 is 44.9 Å². The highest BCUT2D eigenvalue weighted by atomic mass is 35.5. The summed E-state index contributed by atoms with van der Waals surface area (Å²) in [6.07, 6.45) is 0.0987. The average molecular weight is 459 g/mol. The molecular formula is C21H19ClN4O4S. The number of nitrogens with zero attached hydrogens (tertiary/aromatic N) is 2. The van der Waals surface area contributed by atoms with Gasteiger partial charge in [-0.2, -0.15) is 9.78 Å². The van der Waals surface area contributed by atoms with Gasteiger partial charge in [0.1, 0.15) is 10.7 Å². The smallest absolute Gasteiger partial charge is 0.263 e. The van der Waals surface area contributed by atoms with Crippen molar-refractivity contribution < 1.29 is 18.0 Å². The summed E-state index contributed by atoms with van der Waals surface area (Å²) in [5.41, 5.74) is 2.80. The molecule has 160 valence electrons. The van der Waals surface area contributed by atoms with E-state index in [1.165, 1.54) is 12.1 Å². The van der Waals surface area contributed by atoms with Gasteiger partial charge in [0.05, 0.1) is 10.7 Å². The van der Waals surface area contributed by atoms with Crippen LogP contribution in [0.4, 0.5) is 11.5 Å². The Labute approximate surface area is 184 Å². The monoisotopic (exact) mass is 458 g/mol. The Morgan fingerprint density at radius 3 is 2.48 bits per heavy atom. The van der Waals surface area contributed by atoms with Gasteiger partial charge >= 0.3 is 0 Å². The fourth-order valence-electron chi connectivity index (χ4n) is 3.39. The lowest BCUT2D eigenvalue weighted by Gasteiger charge is -2.12. The standard InChI is InChI=1S/C21H19ClN4O4S/c1-12-3-6-15(7-4-12)25-31(29,30)17-11-14(5-8-16(17)22)20-13(2)24-26-19(28)10-9-18(27)23-21(20)26/h3-8,11,25H,9-10H2,1-2H3,(H,23,27). The SMILES string of the molecule is Cc1ccc(NS(=O)(=O)c2cc(-c3c(C)nn4c3NC(=O)CCC4=O)ccc2Cl)cc1. The summed E-state index contributed by atoms with van der Waals surface area (Å²) in [6, 6.07) is 11.4. The fraction of sp³-hybridized carbons (Fsp3) is 0.190. The number of hydrogen-bond acceptors (Lipinski definition) is 5. The summed E-state index contributed by atoms with van der Waals surface area (Å²) in [4.78, 5) is 24.3. The van der Waals surface area contributed by atoms with E-state index >= 15 is 0 Å². The summed E-state index contributed by atoms with van der Waals surface area (Å²) >= 11 is 6.23. The van der Waals surface area contributed by atoms with Gasteiger partial charge in [-0.15, -0.1) is 0 Å². The molecule has 1 aliphatic heterocycles. The van der Waals surface area contributed by atoms with Crippen LogP contribution >= 0.6 is 11.6 Å². The van der Waals surface area contributed by atoms with Crippen molar-refractivity contribution in [1.29, 1.82) is 0 Å². The molecule has 4 rings (SSSR count). The van der Waals surface area contributed by atoms with Gasteiger partial charge in [-0.3, -0.25) is 14.3 Å². The highest BCUT2D eigenvalue weighted by Crippen LogP contribution is 2.36. The molecule has 0 atom stereocenters. The lowest BCUT2D eigenvalue weighted by atomic mass is 10.1. The molecule has 0 radical (unpaired) electrons. The van der Waals surface area contributed by atoms with Gasteiger partial charge in [-0.1, -0.05) is 35.4 Å². The number of carbonyl (C=O) groups excluding carboxylic acids is 2. The Morgan fingerprint density at radius 2 is 1.77 bits per heavy atom. The van der Waals surface area contributed by atoms with E-state index in [0.717, 1.165) is 10.2 Å². The Morgan fingerprint density at radius 1 is 1.06 bits per heavy atom. The number of benzene rings is 2. The first-order chi connectivity index (χ1) is 14.7. The van der Waals surface area contributed by atoms with E-state index in [2.05, 4.69) is 15.1 Å². The third kappa shape index (κ3) is 4.06. The predicted octanol–water partition coefficient (Wildman–Crippen LogP) is 3.99. The van der Waals surface area contributed by atoms with Gasteiger partial charge in [0, 0.05) is 24.1 Å². The average Bonchev–Trinajstić information content (AvgIpc) is 2.96. The molecule has 0 bridgehead atoms. The molecule has 2 aromatic carbocycles. The maximum atomic E-state index is 13.0. The summed E-state index contributed by atoms with van der Waals surface area (Å²) in [7, 11) is -4.00. The second-order valence-electron chi connectivity index (χ2n) is 7.28. The molecular weight excluding hydrogens is 440 g/mol. The summed E-state index contributed by atoms with van der Waals surface area (Å²) in [5, 5.41) is 6.99. The molecule has 3 aromatic rings. The Balaban J connectivity index is 1.80. The third-order valence-electron chi connectivity index (χ3n) is 4.93. The number of anilines is 2. The Kier molecular flexibility index (Phi) is 5.32. The maximum Gasteiger partial charge on any atom is 0.263 e. The largest absolute Gasteiger partial charge is 0.310 e. The minimum atomic E-state index is -4.00. The predicted molar refractivity (Wildman–Crippen MR) is 118 cm³/mol. The van der Waals surface area contributed by atoms with Crippen molar-refractivity contribution in [2.24, 2.45) is 0 Å². The number of aromatic nitrogens is 2. The first kappa shape index (κ1) is 21.1. The van der Waals surface area contributed by atoms with Gasteiger partial charge in [0.2, 0.25) is 11.8 Å². The van der Waals surface area contributed by atoms with Crippen LogP contribution in [0.15, 0.2) is 47.4 Å². The molecule has 0 unspecified atom stereocenters. The number of amides is 1. The highest BCUT2D eigenvalue weighted by Gasteiger charge is 2.27. The van der Waals surface area contributed by atoms with Crippen LogP contribution < -0.4 is 10.0 Å². The molecule has 0 aliphatic carbocycles. The van der Waals surface area contributed by atoms with Crippen molar-refractivity contribution in [2.75, 3.05) is 10.0 Å². The molecule has 10 heteroatoms. The molecule has 31 heavy (non-hydrogen) atoms. The molecule has 1 aromatic heterocycles. The van der Waals surface area contributed by atoms with Crippen molar-refractivity contribution in [3.05, 3.63) is 58.7 Å². The molecule has 0 spiro atoms. The second kappa shape index (κ2) is 7.82. The van der Waals surface area contributed by atoms with Crippen molar-refractivity contribution in [3.63, 3.8) is 0 Å². The van der Waals surface area contributed by atoms with Crippen LogP contribution in [0.2, 0.25) is 5.02 Å². The maximum absolute atomic E-state index is 13.0. The lowest BCUT2D eigenvalue weighted by Crippen LogP contribution is -2.14. The third-order valence-corrected chi connectivity index (χ3v) is 6.80. The van der Waals surface area contributed by atoms with E-state index in [0.29, 0.717) is 22.5 Å². The zero-order chi connectivity index (χ0) is 22.3.